The van der Waals surface area contributed by atoms with E-state index in [2.05, 4.69) is 42.3 Å². The molecule has 0 atom stereocenters. The van der Waals surface area contributed by atoms with Gasteiger partial charge >= 0.3 is 0 Å². The summed E-state index contributed by atoms with van der Waals surface area (Å²) in [6, 6.07) is 13.1. The topological polar surface area (TPSA) is 15.3 Å². The first-order valence-corrected chi connectivity index (χ1v) is 7.41. The van der Waals surface area contributed by atoms with Crippen LogP contribution in [-0.2, 0) is 6.54 Å². The highest BCUT2D eigenvalue weighted by atomic mass is 19.1. The maximum atomic E-state index is 13.0. The van der Waals surface area contributed by atoms with Gasteiger partial charge in [0.1, 0.15) is 5.82 Å². The van der Waals surface area contributed by atoms with Crippen molar-refractivity contribution in [3.05, 3.63) is 59.4 Å². The molecule has 21 heavy (non-hydrogen) atoms. The Hall–Kier alpha value is -1.87. The van der Waals surface area contributed by atoms with Gasteiger partial charge in [-0.05, 0) is 61.3 Å². The molecule has 2 nitrogen and oxygen atoms in total. The molecular formula is C18H23FN2. The molecule has 112 valence electrons. The van der Waals surface area contributed by atoms with Gasteiger partial charge in [0.25, 0.3) is 0 Å². The van der Waals surface area contributed by atoms with E-state index in [1.165, 1.54) is 23.3 Å². The number of halogens is 1. The Morgan fingerprint density at radius 1 is 1.10 bits per heavy atom. The minimum Gasteiger partial charge on any atom is -0.344 e. The highest BCUT2D eigenvalue weighted by Crippen LogP contribution is 2.27. The predicted octanol–water partition coefficient (Wildman–Crippen LogP) is 4.40. The normalized spacial score (nSPS) is 10.7. The lowest BCUT2D eigenvalue weighted by Gasteiger charge is -2.22. The van der Waals surface area contributed by atoms with Crippen LogP contribution in [0.15, 0.2) is 42.5 Å². The zero-order valence-electron chi connectivity index (χ0n) is 13.0. The average molecular weight is 286 g/mol. The van der Waals surface area contributed by atoms with Crippen molar-refractivity contribution in [2.24, 2.45) is 0 Å². The van der Waals surface area contributed by atoms with Crippen molar-refractivity contribution in [3.8, 4) is 0 Å². The fraction of sp³-hybridized carbons (Fsp3) is 0.333. The Morgan fingerprint density at radius 2 is 1.81 bits per heavy atom. The first-order valence-electron chi connectivity index (χ1n) is 7.41. The zero-order valence-corrected chi connectivity index (χ0v) is 13.0. The highest BCUT2D eigenvalue weighted by molar-refractivity contribution is 5.65. The van der Waals surface area contributed by atoms with Crippen LogP contribution in [0.2, 0.25) is 0 Å². The first-order chi connectivity index (χ1) is 10.1. The molecular weight excluding hydrogens is 263 g/mol. The number of nitrogens with zero attached hydrogens (tertiary/aromatic N) is 1. The van der Waals surface area contributed by atoms with Crippen LogP contribution < -0.4 is 10.2 Å². The number of benzene rings is 2. The second-order valence-electron chi connectivity index (χ2n) is 5.33. The fourth-order valence-corrected chi connectivity index (χ4v) is 2.42. The van der Waals surface area contributed by atoms with Crippen molar-refractivity contribution in [2.45, 2.75) is 26.8 Å². The number of hydrogen-bond donors (Lipinski definition) is 1. The van der Waals surface area contributed by atoms with Crippen LogP contribution in [0.5, 0.6) is 0 Å². The Bertz CT molecular complexity index is 578. The summed E-state index contributed by atoms with van der Waals surface area (Å²) in [5.74, 6) is -0.207. The van der Waals surface area contributed by atoms with Gasteiger partial charge in [0.05, 0.1) is 0 Å². The third-order valence-electron chi connectivity index (χ3n) is 3.59. The Balaban J connectivity index is 2.14. The SMILES string of the molecule is CCCNCc1ccc(N(C)c2ccc(F)cc2)c(C)c1. The second-order valence-corrected chi connectivity index (χ2v) is 5.33. The van der Waals surface area contributed by atoms with Crippen molar-refractivity contribution in [2.75, 3.05) is 18.5 Å². The molecule has 0 aliphatic heterocycles. The van der Waals surface area contributed by atoms with Crippen molar-refractivity contribution in [1.29, 1.82) is 0 Å². The summed E-state index contributed by atoms with van der Waals surface area (Å²) in [5.41, 5.74) is 4.63. The molecule has 0 bridgehead atoms. The molecule has 0 heterocycles. The van der Waals surface area contributed by atoms with E-state index in [1.54, 1.807) is 12.1 Å². The van der Waals surface area contributed by atoms with Crippen molar-refractivity contribution in [3.63, 3.8) is 0 Å². The van der Waals surface area contributed by atoms with E-state index < -0.39 is 0 Å². The van der Waals surface area contributed by atoms with Gasteiger partial charge in [-0.3, -0.25) is 0 Å². The van der Waals surface area contributed by atoms with Crippen LogP contribution in [0.4, 0.5) is 15.8 Å². The van der Waals surface area contributed by atoms with Gasteiger partial charge in [-0.15, -0.1) is 0 Å². The molecule has 0 unspecified atom stereocenters. The number of aryl methyl sites for hydroxylation is 1. The average Bonchev–Trinajstić information content (AvgIpc) is 2.48. The standard InChI is InChI=1S/C18H23FN2/c1-4-11-20-13-15-5-10-18(14(2)12-15)21(3)17-8-6-16(19)7-9-17/h5-10,12,20H,4,11,13H2,1-3H3. The van der Waals surface area contributed by atoms with Gasteiger partial charge in [-0.25, -0.2) is 4.39 Å². The number of rotatable bonds is 6. The summed E-state index contributed by atoms with van der Waals surface area (Å²) in [7, 11) is 2.00. The Kier molecular flexibility index (Phi) is 5.34. The third kappa shape index (κ3) is 4.05. The maximum absolute atomic E-state index is 13.0. The summed E-state index contributed by atoms with van der Waals surface area (Å²) in [5, 5.41) is 3.41. The predicted molar refractivity (Wildman–Crippen MR) is 87.6 cm³/mol. The number of nitrogens with one attached hydrogen (secondary N) is 1. The summed E-state index contributed by atoms with van der Waals surface area (Å²) in [6.45, 7) is 6.21. The van der Waals surface area contributed by atoms with Crippen molar-refractivity contribution in [1.82, 2.24) is 5.32 Å². The Labute approximate surface area is 126 Å². The van der Waals surface area contributed by atoms with Crippen LogP contribution in [0.3, 0.4) is 0 Å². The minimum absolute atomic E-state index is 0.207. The molecule has 0 aromatic heterocycles. The minimum atomic E-state index is -0.207. The first kappa shape index (κ1) is 15.5. The molecule has 1 N–H and O–H groups in total. The van der Waals surface area contributed by atoms with E-state index in [0.717, 1.165) is 30.9 Å². The molecule has 2 aromatic rings. The number of anilines is 2. The molecule has 0 aliphatic rings. The van der Waals surface area contributed by atoms with Gasteiger partial charge in [0, 0.05) is 25.0 Å². The third-order valence-corrected chi connectivity index (χ3v) is 3.59. The molecule has 0 saturated carbocycles. The van der Waals surface area contributed by atoms with Crippen molar-refractivity contribution >= 4 is 11.4 Å². The van der Waals surface area contributed by atoms with Crippen LogP contribution in [0.25, 0.3) is 0 Å². The van der Waals surface area contributed by atoms with Gasteiger partial charge < -0.3 is 10.2 Å². The van der Waals surface area contributed by atoms with E-state index >= 15 is 0 Å². The van der Waals surface area contributed by atoms with Crippen LogP contribution in [-0.4, -0.2) is 13.6 Å². The monoisotopic (exact) mass is 286 g/mol. The quantitative estimate of drug-likeness (QED) is 0.792. The summed E-state index contributed by atoms with van der Waals surface area (Å²) >= 11 is 0. The van der Waals surface area contributed by atoms with E-state index in [4.69, 9.17) is 0 Å². The van der Waals surface area contributed by atoms with Gasteiger partial charge in [0.15, 0.2) is 0 Å². The lowest BCUT2D eigenvalue weighted by atomic mass is 10.1. The van der Waals surface area contributed by atoms with Gasteiger partial charge in [0.2, 0.25) is 0 Å². The molecule has 0 aliphatic carbocycles. The summed E-state index contributed by atoms with van der Waals surface area (Å²) in [4.78, 5) is 2.08. The van der Waals surface area contributed by atoms with Crippen LogP contribution in [0.1, 0.15) is 24.5 Å². The van der Waals surface area contributed by atoms with Crippen LogP contribution in [0, 0.1) is 12.7 Å². The summed E-state index contributed by atoms with van der Waals surface area (Å²) < 4.78 is 13.0. The van der Waals surface area contributed by atoms with Crippen LogP contribution >= 0.6 is 0 Å². The fourth-order valence-electron chi connectivity index (χ4n) is 2.42. The van der Waals surface area contributed by atoms with Crippen molar-refractivity contribution < 1.29 is 4.39 Å². The summed E-state index contributed by atoms with van der Waals surface area (Å²) in [6.07, 6.45) is 1.14. The molecule has 2 rings (SSSR count). The number of hydrogen-bond acceptors (Lipinski definition) is 2. The molecule has 0 amide bonds. The van der Waals surface area contributed by atoms with Gasteiger partial charge in [-0.1, -0.05) is 19.1 Å². The smallest absolute Gasteiger partial charge is 0.123 e. The molecule has 0 spiro atoms. The van der Waals surface area contributed by atoms with Gasteiger partial charge in [-0.2, -0.15) is 0 Å². The molecule has 0 saturated heterocycles. The molecule has 2 aromatic carbocycles. The van der Waals surface area contributed by atoms with E-state index in [1.807, 2.05) is 7.05 Å². The second kappa shape index (κ2) is 7.23. The highest BCUT2D eigenvalue weighted by Gasteiger charge is 2.07. The van der Waals surface area contributed by atoms with E-state index in [9.17, 15) is 4.39 Å². The lowest BCUT2D eigenvalue weighted by molar-refractivity contribution is 0.628. The maximum Gasteiger partial charge on any atom is 0.123 e. The molecule has 3 heteroatoms. The lowest BCUT2D eigenvalue weighted by Crippen LogP contribution is -2.15. The molecule has 0 fully saturated rings. The Morgan fingerprint density at radius 3 is 2.43 bits per heavy atom. The van der Waals surface area contributed by atoms with E-state index in [0.29, 0.717) is 0 Å². The molecule has 0 radical (unpaired) electrons. The van der Waals surface area contributed by atoms with E-state index in [-0.39, 0.29) is 5.82 Å². The zero-order chi connectivity index (χ0) is 15.2. The largest absolute Gasteiger partial charge is 0.344 e.